The monoisotopic (exact) mass is 252 g/mol. The number of hydrogen-bond donors (Lipinski definition) is 2. The van der Waals surface area contributed by atoms with Crippen molar-refractivity contribution in [2.45, 2.75) is 13.8 Å². The number of nitrogens with one attached hydrogen (secondary N) is 1. The highest BCUT2D eigenvalue weighted by Crippen LogP contribution is 2.05. The summed E-state index contributed by atoms with van der Waals surface area (Å²) in [5.74, 6) is 0. The highest BCUT2D eigenvalue weighted by atomic mass is 32.1. The zero-order chi connectivity index (χ0) is 12.7. The van der Waals surface area contributed by atoms with Gasteiger partial charge in [-0.1, -0.05) is 26.1 Å². The van der Waals surface area contributed by atoms with Crippen LogP contribution in [0.15, 0.2) is 18.3 Å². The fourth-order valence-electron chi connectivity index (χ4n) is 1.54. The molecule has 3 N–H and O–H groups in total. The third-order valence-corrected chi connectivity index (χ3v) is 2.88. The first-order valence-corrected chi connectivity index (χ1v) is 6.30. The van der Waals surface area contributed by atoms with Crippen molar-refractivity contribution in [1.29, 1.82) is 0 Å². The Labute approximate surface area is 108 Å². The largest absolute Gasteiger partial charge is 0.388 e. The van der Waals surface area contributed by atoms with Crippen LogP contribution in [0.3, 0.4) is 0 Å². The molecule has 0 saturated heterocycles. The van der Waals surface area contributed by atoms with Crippen molar-refractivity contribution in [1.82, 2.24) is 9.88 Å². The molecule has 0 atom stereocenters. The van der Waals surface area contributed by atoms with Gasteiger partial charge >= 0.3 is 0 Å². The van der Waals surface area contributed by atoms with Crippen molar-refractivity contribution in [3.63, 3.8) is 0 Å². The van der Waals surface area contributed by atoms with E-state index in [1.807, 2.05) is 12.1 Å². The van der Waals surface area contributed by atoms with Gasteiger partial charge in [0.2, 0.25) is 0 Å². The third-order valence-electron chi connectivity index (χ3n) is 2.67. The number of aromatic nitrogens is 1. The summed E-state index contributed by atoms with van der Waals surface area (Å²) in [6.45, 7) is 8.44. The molecule has 0 fully saturated rings. The lowest BCUT2D eigenvalue weighted by molar-refractivity contribution is 0.316. The number of likely N-dealkylation sites (N-methyl/N-ethyl adjacent to an activating group) is 1. The molecule has 1 heterocycles. The van der Waals surface area contributed by atoms with Gasteiger partial charge in [0.15, 0.2) is 0 Å². The number of rotatable bonds is 7. The number of hydrogen-bond acceptors (Lipinski definition) is 4. The average molecular weight is 252 g/mol. The van der Waals surface area contributed by atoms with Crippen molar-refractivity contribution in [3.05, 3.63) is 24.0 Å². The molecule has 0 aliphatic carbocycles. The smallest absolute Gasteiger partial charge is 0.122 e. The topological polar surface area (TPSA) is 54.2 Å². The van der Waals surface area contributed by atoms with Crippen molar-refractivity contribution in [2.75, 3.05) is 31.5 Å². The van der Waals surface area contributed by atoms with Gasteiger partial charge in [-0.05, 0) is 25.2 Å². The molecule has 5 heteroatoms. The summed E-state index contributed by atoms with van der Waals surface area (Å²) in [4.78, 5) is 6.87. The zero-order valence-electron chi connectivity index (χ0n) is 10.4. The summed E-state index contributed by atoms with van der Waals surface area (Å²) in [6, 6.07) is 3.78. The Kier molecular flexibility index (Phi) is 5.86. The number of pyridine rings is 1. The van der Waals surface area contributed by atoms with E-state index in [0.717, 1.165) is 31.9 Å². The molecule has 0 aliphatic heterocycles. The van der Waals surface area contributed by atoms with E-state index in [0.29, 0.717) is 10.7 Å². The molecule has 0 unspecified atom stereocenters. The van der Waals surface area contributed by atoms with Gasteiger partial charge in [-0.2, -0.15) is 0 Å². The average Bonchev–Trinajstić information content (AvgIpc) is 2.35. The summed E-state index contributed by atoms with van der Waals surface area (Å²) in [6.07, 6.45) is 1.76. The number of anilines is 1. The van der Waals surface area contributed by atoms with Crippen molar-refractivity contribution in [3.8, 4) is 0 Å². The van der Waals surface area contributed by atoms with Gasteiger partial charge in [-0.25, -0.2) is 0 Å². The molecule has 94 valence electrons. The maximum absolute atomic E-state index is 5.48. The van der Waals surface area contributed by atoms with E-state index in [9.17, 15) is 0 Å². The molecule has 0 spiro atoms. The van der Waals surface area contributed by atoms with Crippen LogP contribution in [0.5, 0.6) is 0 Å². The highest BCUT2D eigenvalue weighted by Gasteiger charge is 2.00. The first kappa shape index (κ1) is 13.9. The molecule has 0 amide bonds. The Morgan fingerprint density at radius 2 is 2.12 bits per heavy atom. The second-order valence-corrected chi connectivity index (χ2v) is 4.19. The predicted molar refractivity (Wildman–Crippen MR) is 76.4 cm³/mol. The predicted octanol–water partition coefficient (Wildman–Crippen LogP) is 1.47. The maximum atomic E-state index is 5.48. The van der Waals surface area contributed by atoms with E-state index < -0.39 is 0 Å². The van der Waals surface area contributed by atoms with Crippen molar-refractivity contribution in [2.24, 2.45) is 5.73 Å². The summed E-state index contributed by atoms with van der Waals surface area (Å²) in [5, 5.41) is 3.32. The van der Waals surface area contributed by atoms with Crippen molar-refractivity contribution < 1.29 is 0 Å². The van der Waals surface area contributed by atoms with Crippen LogP contribution in [0.25, 0.3) is 0 Å². The Morgan fingerprint density at radius 1 is 1.41 bits per heavy atom. The summed E-state index contributed by atoms with van der Waals surface area (Å²) < 4.78 is 0. The minimum absolute atomic E-state index is 0.333. The summed E-state index contributed by atoms with van der Waals surface area (Å²) in [7, 11) is 0. The van der Waals surface area contributed by atoms with Gasteiger partial charge in [-0.15, -0.1) is 0 Å². The molecular weight excluding hydrogens is 232 g/mol. The van der Waals surface area contributed by atoms with Crippen LogP contribution < -0.4 is 11.1 Å². The van der Waals surface area contributed by atoms with E-state index in [1.54, 1.807) is 6.20 Å². The second-order valence-electron chi connectivity index (χ2n) is 3.75. The fraction of sp³-hybridized carbons (Fsp3) is 0.500. The summed E-state index contributed by atoms with van der Waals surface area (Å²) >= 11 is 4.85. The molecule has 17 heavy (non-hydrogen) atoms. The third kappa shape index (κ3) is 4.66. The minimum atomic E-state index is 0.333. The normalized spacial score (nSPS) is 10.5. The minimum Gasteiger partial charge on any atom is -0.388 e. The van der Waals surface area contributed by atoms with E-state index in [-0.39, 0.29) is 0 Å². The molecule has 1 aromatic rings. The Bertz CT molecular complexity index is 346. The molecule has 0 bridgehead atoms. The van der Waals surface area contributed by atoms with E-state index >= 15 is 0 Å². The standard InChI is InChI=1S/C12H20N4S/c1-3-16(4-2)8-7-14-10-5-6-11(12(13)17)15-9-10/h5-6,9,14H,3-4,7-8H2,1-2H3,(H2,13,17). The molecular formula is C12H20N4S. The first-order valence-electron chi connectivity index (χ1n) is 5.89. The van der Waals surface area contributed by atoms with Crippen LogP contribution in [-0.4, -0.2) is 41.1 Å². The second kappa shape index (κ2) is 7.19. The molecule has 1 rings (SSSR count). The lowest BCUT2D eigenvalue weighted by Gasteiger charge is -2.18. The van der Waals surface area contributed by atoms with Crippen LogP contribution in [-0.2, 0) is 0 Å². The number of nitrogens with two attached hydrogens (primary N) is 1. The van der Waals surface area contributed by atoms with Gasteiger partial charge in [0.1, 0.15) is 4.99 Å². The molecule has 0 saturated carbocycles. The van der Waals surface area contributed by atoms with Gasteiger partial charge < -0.3 is 16.0 Å². The molecule has 0 radical (unpaired) electrons. The highest BCUT2D eigenvalue weighted by molar-refractivity contribution is 7.80. The molecule has 0 aliphatic rings. The van der Waals surface area contributed by atoms with Crippen LogP contribution in [0.2, 0.25) is 0 Å². The number of nitrogens with zero attached hydrogens (tertiary/aromatic N) is 2. The van der Waals surface area contributed by atoms with Crippen LogP contribution in [0.1, 0.15) is 19.5 Å². The lowest BCUT2D eigenvalue weighted by Crippen LogP contribution is -2.28. The van der Waals surface area contributed by atoms with Gasteiger partial charge in [0.25, 0.3) is 0 Å². The fourth-order valence-corrected chi connectivity index (χ4v) is 1.66. The van der Waals surface area contributed by atoms with Crippen LogP contribution >= 0.6 is 12.2 Å². The Balaban J connectivity index is 2.39. The lowest BCUT2D eigenvalue weighted by atomic mass is 10.3. The number of thiocarbonyl (C=S) groups is 1. The van der Waals surface area contributed by atoms with Crippen molar-refractivity contribution >= 4 is 22.9 Å². The molecule has 1 aromatic heterocycles. The molecule has 0 aromatic carbocycles. The Hall–Kier alpha value is -1.20. The van der Waals surface area contributed by atoms with Gasteiger partial charge in [-0.3, -0.25) is 4.98 Å². The molecule has 4 nitrogen and oxygen atoms in total. The van der Waals surface area contributed by atoms with Crippen LogP contribution in [0.4, 0.5) is 5.69 Å². The van der Waals surface area contributed by atoms with E-state index in [1.165, 1.54) is 0 Å². The van der Waals surface area contributed by atoms with Gasteiger partial charge in [0, 0.05) is 13.1 Å². The summed E-state index contributed by atoms with van der Waals surface area (Å²) in [5.41, 5.74) is 7.14. The Morgan fingerprint density at radius 3 is 2.59 bits per heavy atom. The van der Waals surface area contributed by atoms with E-state index in [2.05, 4.69) is 29.0 Å². The quantitative estimate of drug-likeness (QED) is 0.720. The van der Waals surface area contributed by atoms with Gasteiger partial charge in [0.05, 0.1) is 17.6 Å². The van der Waals surface area contributed by atoms with E-state index in [4.69, 9.17) is 18.0 Å². The first-order chi connectivity index (χ1) is 8.17. The van der Waals surface area contributed by atoms with Crippen LogP contribution in [0, 0.1) is 0 Å². The zero-order valence-corrected chi connectivity index (χ0v) is 11.3. The maximum Gasteiger partial charge on any atom is 0.122 e. The SMILES string of the molecule is CCN(CC)CCNc1ccc(C(N)=S)nc1.